The van der Waals surface area contributed by atoms with Gasteiger partial charge in [0.2, 0.25) is 0 Å². The van der Waals surface area contributed by atoms with Crippen LogP contribution in [0.2, 0.25) is 10.0 Å². The van der Waals surface area contributed by atoms with Crippen LogP contribution in [0.4, 0.5) is 4.79 Å². The molecule has 3 N–H and O–H groups in total. The molecule has 34 heavy (non-hydrogen) atoms. The molecular formula is C22H24Cl2N4O5S. The number of carbonyl (C=O) groups excluding carboxylic acids is 1. The van der Waals surface area contributed by atoms with Gasteiger partial charge in [-0.15, -0.1) is 0 Å². The fourth-order valence-corrected chi connectivity index (χ4v) is 5.27. The third kappa shape index (κ3) is 6.77. The molecule has 0 unspecified atom stereocenters. The highest BCUT2D eigenvalue weighted by Crippen LogP contribution is 2.29. The Morgan fingerprint density at radius 3 is 2.53 bits per heavy atom. The summed E-state index contributed by atoms with van der Waals surface area (Å²) < 4.78 is 24.8. The van der Waals surface area contributed by atoms with Gasteiger partial charge in [-0.1, -0.05) is 53.5 Å². The van der Waals surface area contributed by atoms with E-state index >= 15 is 0 Å². The molecule has 2 aromatic rings. The maximum absolute atomic E-state index is 12.4. The lowest BCUT2D eigenvalue weighted by Gasteiger charge is -2.14. The molecule has 0 bridgehead atoms. The van der Waals surface area contributed by atoms with E-state index < -0.39 is 15.9 Å². The highest BCUT2D eigenvalue weighted by atomic mass is 35.5. The maximum Gasteiger partial charge on any atom is 0.413 e. The normalized spacial score (nSPS) is 13.7. The topological polar surface area (TPSA) is 128 Å². The van der Waals surface area contributed by atoms with Crippen molar-refractivity contribution in [2.45, 2.75) is 17.9 Å². The maximum atomic E-state index is 12.4. The van der Waals surface area contributed by atoms with Crippen LogP contribution in [0.15, 0.2) is 52.4 Å². The van der Waals surface area contributed by atoms with Crippen molar-refractivity contribution in [3.05, 3.63) is 63.6 Å². The summed E-state index contributed by atoms with van der Waals surface area (Å²) in [7, 11) is -3.68. The molecule has 0 spiro atoms. The van der Waals surface area contributed by atoms with Crippen LogP contribution in [0.3, 0.4) is 0 Å². The summed E-state index contributed by atoms with van der Waals surface area (Å²) in [5.41, 5.74) is 1.65. The highest BCUT2D eigenvalue weighted by molar-refractivity contribution is 7.91. The molecule has 2 aromatic carbocycles. The predicted molar refractivity (Wildman–Crippen MR) is 130 cm³/mol. The number of halogens is 2. The number of sulfone groups is 1. The Morgan fingerprint density at radius 1 is 1.09 bits per heavy atom. The molecule has 1 aliphatic rings. The quantitative estimate of drug-likeness (QED) is 0.384. The van der Waals surface area contributed by atoms with Gasteiger partial charge in [0.1, 0.15) is 17.5 Å². The van der Waals surface area contributed by atoms with Crippen LogP contribution in [0.5, 0.6) is 0 Å². The average molecular weight is 527 g/mol. The van der Waals surface area contributed by atoms with E-state index in [0.717, 1.165) is 11.1 Å². The molecule has 0 saturated carbocycles. The van der Waals surface area contributed by atoms with Gasteiger partial charge in [0, 0.05) is 25.1 Å². The average Bonchev–Trinajstić information content (AvgIpc) is 3.29. The Hall–Kier alpha value is -2.50. The number of Topliss-reactive ketones (excluding diaryl/α,β-unsaturated/α-hetero) is 1. The molecule has 1 aliphatic heterocycles. The molecule has 1 amide bonds. The standard InChI is InChI=1S/C22H24Cl2N4O5S/c23-18-2-1-3-19(20(18)24)34(32,33)14-25-9-8-17(29)13-26-12-15-4-6-16(7-5-15)21-27-10-11-28(21)22(30)31/h1-7,25-26H,8-14H2,(H,30,31). The van der Waals surface area contributed by atoms with Gasteiger partial charge in [0.05, 0.1) is 34.6 Å². The second-order valence-electron chi connectivity index (χ2n) is 7.54. The van der Waals surface area contributed by atoms with Crippen molar-refractivity contribution in [3.8, 4) is 0 Å². The number of ketones is 1. The molecule has 0 fully saturated rings. The molecule has 0 aliphatic carbocycles. The zero-order valence-corrected chi connectivity index (χ0v) is 20.5. The number of benzene rings is 2. The van der Waals surface area contributed by atoms with E-state index in [1.54, 1.807) is 12.1 Å². The molecule has 0 atom stereocenters. The lowest BCUT2D eigenvalue weighted by atomic mass is 10.1. The minimum atomic E-state index is -3.68. The van der Waals surface area contributed by atoms with Crippen molar-refractivity contribution in [3.63, 3.8) is 0 Å². The van der Waals surface area contributed by atoms with Crippen LogP contribution < -0.4 is 10.6 Å². The first-order valence-electron chi connectivity index (χ1n) is 10.4. The van der Waals surface area contributed by atoms with E-state index in [2.05, 4.69) is 15.6 Å². The third-order valence-corrected chi connectivity index (χ3v) is 7.58. The number of hydrogen-bond donors (Lipinski definition) is 3. The fourth-order valence-electron chi connectivity index (χ4n) is 3.32. The second kappa shape index (κ2) is 11.8. The van der Waals surface area contributed by atoms with Crippen molar-refractivity contribution < 1.29 is 23.1 Å². The Kier molecular flexibility index (Phi) is 9.03. The molecule has 12 heteroatoms. The van der Waals surface area contributed by atoms with Gasteiger partial charge in [0.15, 0.2) is 9.84 Å². The number of hydrogen-bond acceptors (Lipinski definition) is 7. The van der Waals surface area contributed by atoms with Gasteiger partial charge in [0.25, 0.3) is 0 Å². The zero-order chi connectivity index (χ0) is 24.7. The molecule has 0 radical (unpaired) electrons. The zero-order valence-electron chi connectivity index (χ0n) is 18.1. The van der Waals surface area contributed by atoms with Crippen molar-refractivity contribution in [2.24, 2.45) is 4.99 Å². The number of nitrogens with one attached hydrogen (secondary N) is 2. The Balaban J connectivity index is 1.38. The van der Waals surface area contributed by atoms with Gasteiger partial charge in [-0.25, -0.2) is 13.2 Å². The number of carbonyl (C=O) groups is 2. The largest absolute Gasteiger partial charge is 0.465 e. The van der Waals surface area contributed by atoms with E-state index in [1.165, 1.54) is 23.1 Å². The van der Waals surface area contributed by atoms with Crippen molar-refractivity contribution >= 4 is 50.8 Å². The summed E-state index contributed by atoms with van der Waals surface area (Å²) in [5.74, 6) is 0.0131. The van der Waals surface area contributed by atoms with Crippen LogP contribution in [0.25, 0.3) is 0 Å². The number of carboxylic acid groups (broad SMARTS) is 1. The summed E-state index contributed by atoms with van der Waals surface area (Å²) in [4.78, 5) is 28.7. The summed E-state index contributed by atoms with van der Waals surface area (Å²) in [5, 5.41) is 15.2. The molecule has 0 aromatic heterocycles. The Bertz CT molecular complexity index is 1190. The monoisotopic (exact) mass is 526 g/mol. The number of rotatable bonds is 11. The van der Waals surface area contributed by atoms with Crippen LogP contribution in [-0.4, -0.2) is 68.2 Å². The molecule has 3 rings (SSSR count). The number of amides is 1. The van der Waals surface area contributed by atoms with E-state index in [9.17, 15) is 23.1 Å². The van der Waals surface area contributed by atoms with E-state index in [1.807, 2.05) is 12.1 Å². The lowest BCUT2D eigenvalue weighted by molar-refractivity contribution is -0.118. The number of aliphatic imine (C=N–C) groups is 1. The van der Waals surface area contributed by atoms with Crippen LogP contribution in [-0.2, 0) is 21.2 Å². The van der Waals surface area contributed by atoms with Crippen molar-refractivity contribution in [1.82, 2.24) is 15.5 Å². The molecule has 9 nitrogen and oxygen atoms in total. The lowest BCUT2D eigenvalue weighted by Crippen LogP contribution is -2.33. The summed E-state index contributed by atoms with van der Waals surface area (Å²) in [6.45, 7) is 1.59. The van der Waals surface area contributed by atoms with Gasteiger partial charge in [-0.3, -0.25) is 14.7 Å². The first-order chi connectivity index (χ1) is 16.2. The Labute approximate surface area is 207 Å². The fraction of sp³-hybridized carbons (Fsp3) is 0.318. The van der Waals surface area contributed by atoms with Gasteiger partial charge in [-0.2, -0.15) is 0 Å². The third-order valence-electron chi connectivity index (χ3n) is 5.06. The van der Waals surface area contributed by atoms with Crippen LogP contribution >= 0.6 is 23.2 Å². The Morgan fingerprint density at radius 2 is 1.82 bits per heavy atom. The summed E-state index contributed by atoms with van der Waals surface area (Å²) in [6, 6.07) is 11.7. The SMILES string of the molecule is O=C(CCNCS(=O)(=O)c1cccc(Cl)c1Cl)CNCc1ccc(C2=NCCN2C(=O)O)cc1. The summed E-state index contributed by atoms with van der Waals surface area (Å²) in [6.07, 6.45) is -0.865. The minimum absolute atomic E-state index is 0.0188. The van der Waals surface area contributed by atoms with E-state index in [0.29, 0.717) is 25.5 Å². The minimum Gasteiger partial charge on any atom is -0.465 e. The van der Waals surface area contributed by atoms with Gasteiger partial charge in [-0.05, 0) is 17.7 Å². The highest BCUT2D eigenvalue weighted by Gasteiger charge is 2.24. The van der Waals surface area contributed by atoms with E-state index in [-0.39, 0.29) is 46.1 Å². The predicted octanol–water partition coefficient (Wildman–Crippen LogP) is 2.80. The molecule has 1 heterocycles. The van der Waals surface area contributed by atoms with Crippen LogP contribution in [0.1, 0.15) is 17.5 Å². The first-order valence-corrected chi connectivity index (χ1v) is 12.8. The van der Waals surface area contributed by atoms with Crippen molar-refractivity contribution in [1.29, 1.82) is 0 Å². The first kappa shape index (κ1) is 26.1. The van der Waals surface area contributed by atoms with Crippen LogP contribution in [0, 0.1) is 0 Å². The van der Waals surface area contributed by atoms with Gasteiger partial charge >= 0.3 is 6.09 Å². The molecular weight excluding hydrogens is 503 g/mol. The summed E-state index contributed by atoms with van der Waals surface area (Å²) >= 11 is 11.8. The molecule has 0 saturated heterocycles. The van der Waals surface area contributed by atoms with Crippen molar-refractivity contribution in [2.75, 3.05) is 32.1 Å². The van der Waals surface area contributed by atoms with E-state index in [4.69, 9.17) is 23.2 Å². The number of amidine groups is 1. The smallest absolute Gasteiger partial charge is 0.413 e. The van der Waals surface area contributed by atoms with Gasteiger partial charge < -0.3 is 15.7 Å². The second-order valence-corrected chi connectivity index (χ2v) is 10.3. The molecule has 182 valence electrons. The number of nitrogens with zero attached hydrogens (tertiary/aromatic N) is 2.